The molecule has 16 heavy (non-hydrogen) atoms. The zero-order valence-corrected chi connectivity index (χ0v) is 12.0. The summed E-state index contributed by atoms with van der Waals surface area (Å²) in [5.41, 5.74) is 0.372. The van der Waals surface area contributed by atoms with Gasteiger partial charge in [0.05, 0.1) is 0 Å². The van der Waals surface area contributed by atoms with Crippen LogP contribution in [-0.4, -0.2) is 37.1 Å². The minimum Gasteiger partial charge on any atom is -0.313 e. The molecule has 1 N–H and O–H groups in total. The van der Waals surface area contributed by atoms with Crippen molar-refractivity contribution in [3.05, 3.63) is 0 Å². The molecule has 96 valence electrons. The Morgan fingerprint density at radius 2 is 1.81 bits per heavy atom. The minimum atomic E-state index is 0.372. The van der Waals surface area contributed by atoms with Gasteiger partial charge in [-0.25, -0.2) is 0 Å². The van der Waals surface area contributed by atoms with Crippen LogP contribution in [0.25, 0.3) is 0 Å². The van der Waals surface area contributed by atoms with Gasteiger partial charge < -0.3 is 10.2 Å². The van der Waals surface area contributed by atoms with Gasteiger partial charge in [0.15, 0.2) is 0 Å². The molecule has 1 fully saturated rings. The van der Waals surface area contributed by atoms with Crippen LogP contribution in [-0.2, 0) is 0 Å². The number of nitrogens with zero attached hydrogens (tertiary/aromatic N) is 1. The van der Waals surface area contributed by atoms with E-state index >= 15 is 0 Å². The first-order chi connectivity index (χ1) is 7.32. The zero-order valence-electron chi connectivity index (χ0n) is 12.0. The first-order valence-corrected chi connectivity index (χ1v) is 6.76. The van der Waals surface area contributed by atoms with Gasteiger partial charge in [0.2, 0.25) is 0 Å². The molecule has 0 aromatic carbocycles. The lowest BCUT2D eigenvalue weighted by atomic mass is 9.87. The van der Waals surface area contributed by atoms with Crippen molar-refractivity contribution < 1.29 is 0 Å². The van der Waals surface area contributed by atoms with Gasteiger partial charge in [0, 0.05) is 25.2 Å². The van der Waals surface area contributed by atoms with E-state index in [-0.39, 0.29) is 0 Å². The highest BCUT2D eigenvalue weighted by atomic mass is 15.1. The molecule has 0 aliphatic heterocycles. The maximum Gasteiger partial charge on any atom is 0.0113 e. The average molecular weight is 226 g/mol. The van der Waals surface area contributed by atoms with E-state index in [1.807, 2.05) is 0 Å². The predicted molar refractivity (Wildman–Crippen MR) is 71.7 cm³/mol. The van der Waals surface area contributed by atoms with Crippen molar-refractivity contribution in [1.82, 2.24) is 10.2 Å². The quantitative estimate of drug-likeness (QED) is 0.749. The van der Waals surface area contributed by atoms with Crippen molar-refractivity contribution in [1.29, 1.82) is 0 Å². The highest BCUT2D eigenvalue weighted by Gasteiger charge is 2.28. The Hall–Kier alpha value is -0.0800. The van der Waals surface area contributed by atoms with Gasteiger partial charge in [-0.2, -0.15) is 0 Å². The van der Waals surface area contributed by atoms with Gasteiger partial charge in [0.25, 0.3) is 0 Å². The summed E-state index contributed by atoms with van der Waals surface area (Å²) in [6.45, 7) is 13.9. The topological polar surface area (TPSA) is 15.3 Å². The van der Waals surface area contributed by atoms with E-state index in [0.29, 0.717) is 11.5 Å². The minimum absolute atomic E-state index is 0.372. The second-order valence-electron chi connectivity index (χ2n) is 6.60. The summed E-state index contributed by atoms with van der Waals surface area (Å²) in [5, 5.41) is 3.64. The number of rotatable bonds is 6. The van der Waals surface area contributed by atoms with Crippen LogP contribution in [0.4, 0.5) is 0 Å². The SMILES string of the molecule is CC(NCCN(C)C(C)C(C)(C)C)C1CC1. The summed E-state index contributed by atoms with van der Waals surface area (Å²) in [5.74, 6) is 0.963. The summed E-state index contributed by atoms with van der Waals surface area (Å²) in [4.78, 5) is 2.46. The molecule has 0 heterocycles. The van der Waals surface area contributed by atoms with Crippen LogP contribution in [0.1, 0.15) is 47.5 Å². The van der Waals surface area contributed by atoms with Gasteiger partial charge in [-0.05, 0) is 45.1 Å². The highest BCUT2D eigenvalue weighted by molar-refractivity contribution is 4.84. The van der Waals surface area contributed by atoms with Crippen molar-refractivity contribution in [2.45, 2.75) is 59.5 Å². The van der Waals surface area contributed by atoms with Gasteiger partial charge >= 0.3 is 0 Å². The Bertz CT molecular complexity index is 203. The number of nitrogens with one attached hydrogen (secondary N) is 1. The Balaban J connectivity index is 2.16. The zero-order chi connectivity index (χ0) is 12.3. The third-order valence-electron chi connectivity index (χ3n) is 4.17. The van der Waals surface area contributed by atoms with Gasteiger partial charge in [-0.15, -0.1) is 0 Å². The van der Waals surface area contributed by atoms with Crippen LogP contribution in [0.3, 0.4) is 0 Å². The van der Waals surface area contributed by atoms with Crippen LogP contribution in [0, 0.1) is 11.3 Å². The van der Waals surface area contributed by atoms with Gasteiger partial charge in [-0.1, -0.05) is 20.8 Å². The molecule has 1 aliphatic rings. The van der Waals surface area contributed by atoms with E-state index in [9.17, 15) is 0 Å². The molecule has 1 aliphatic carbocycles. The average Bonchev–Trinajstić information content (AvgIpc) is 2.97. The summed E-state index contributed by atoms with van der Waals surface area (Å²) >= 11 is 0. The van der Waals surface area contributed by atoms with Crippen molar-refractivity contribution in [2.75, 3.05) is 20.1 Å². The fraction of sp³-hybridized carbons (Fsp3) is 1.00. The fourth-order valence-electron chi connectivity index (χ4n) is 2.09. The predicted octanol–water partition coefficient (Wildman–Crippen LogP) is 2.74. The summed E-state index contributed by atoms with van der Waals surface area (Å²) in [6.07, 6.45) is 2.87. The number of likely N-dealkylation sites (N-methyl/N-ethyl adjacent to an activating group) is 1. The second kappa shape index (κ2) is 5.50. The lowest BCUT2D eigenvalue weighted by molar-refractivity contribution is 0.140. The molecule has 0 amide bonds. The maximum absolute atomic E-state index is 3.64. The molecule has 2 nitrogen and oxygen atoms in total. The van der Waals surface area contributed by atoms with E-state index in [2.05, 4.69) is 51.9 Å². The van der Waals surface area contributed by atoms with Crippen LogP contribution in [0.15, 0.2) is 0 Å². The normalized spacial score (nSPS) is 21.2. The van der Waals surface area contributed by atoms with Crippen molar-refractivity contribution >= 4 is 0 Å². The first-order valence-electron chi connectivity index (χ1n) is 6.76. The summed E-state index contributed by atoms with van der Waals surface area (Å²) < 4.78 is 0. The molecular formula is C14H30N2. The largest absolute Gasteiger partial charge is 0.313 e. The fourth-order valence-corrected chi connectivity index (χ4v) is 2.09. The van der Waals surface area contributed by atoms with E-state index in [1.54, 1.807) is 0 Å². The van der Waals surface area contributed by atoms with E-state index in [1.165, 1.54) is 12.8 Å². The van der Waals surface area contributed by atoms with Crippen LogP contribution < -0.4 is 5.32 Å². The highest BCUT2D eigenvalue weighted by Crippen LogP contribution is 2.32. The summed E-state index contributed by atoms with van der Waals surface area (Å²) in [7, 11) is 2.24. The first kappa shape index (κ1) is 14.0. The van der Waals surface area contributed by atoms with Crippen LogP contribution in [0.5, 0.6) is 0 Å². The Kier molecular flexibility index (Phi) is 4.81. The number of hydrogen-bond acceptors (Lipinski definition) is 2. The van der Waals surface area contributed by atoms with Gasteiger partial charge in [-0.3, -0.25) is 0 Å². The van der Waals surface area contributed by atoms with Crippen LogP contribution >= 0.6 is 0 Å². The molecule has 2 unspecified atom stereocenters. The molecule has 2 heteroatoms. The standard InChI is InChI=1S/C14H30N2/c1-11(13-7-8-13)15-9-10-16(6)12(2)14(3,4)5/h11-13,15H,7-10H2,1-6H3. The van der Waals surface area contributed by atoms with Crippen molar-refractivity contribution in [3.8, 4) is 0 Å². The van der Waals surface area contributed by atoms with E-state index in [4.69, 9.17) is 0 Å². The van der Waals surface area contributed by atoms with Crippen molar-refractivity contribution in [2.24, 2.45) is 11.3 Å². The van der Waals surface area contributed by atoms with E-state index < -0.39 is 0 Å². The maximum atomic E-state index is 3.64. The molecule has 0 saturated heterocycles. The summed E-state index contributed by atoms with van der Waals surface area (Å²) in [6, 6.07) is 1.35. The third-order valence-corrected chi connectivity index (χ3v) is 4.17. The smallest absolute Gasteiger partial charge is 0.0113 e. The van der Waals surface area contributed by atoms with Crippen LogP contribution in [0.2, 0.25) is 0 Å². The molecule has 1 saturated carbocycles. The molecule has 0 radical (unpaired) electrons. The monoisotopic (exact) mass is 226 g/mol. The van der Waals surface area contributed by atoms with E-state index in [0.717, 1.165) is 25.0 Å². The Morgan fingerprint density at radius 1 is 1.25 bits per heavy atom. The number of hydrogen-bond donors (Lipinski definition) is 1. The molecule has 0 aromatic rings. The molecule has 0 aromatic heterocycles. The molecule has 2 atom stereocenters. The van der Waals surface area contributed by atoms with Crippen molar-refractivity contribution in [3.63, 3.8) is 0 Å². The third kappa shape index (κ3) is 4.42. The molecule has 1 rings (SSSR count). The molecular weight excluding hydrogens is 196 g/mol. The lowest BCUT2D eigenvalue weighted by Gasteiger charge is -2.35. The Morgan fingerprint density at radius 3 is 2.25 bits per heavy atom. The molecule has 0 spiro atoms. The van der Waals surface area contributed by atoms with Gasteiger partial charge in [0.1, 0.15) is 0 Å². The molecule has 0 bridgehead atoms. The Labute approximate surface area is 102 Å². The second-order valence-corrected chi connectivity index (χ2v) is 6.60. The lowest BCUT2D eigenvalue weighted by Crippen LogP contribution is -2.43.